The lowest BCUT2D eigenvalue weighted by Crippen LogP contribution is -2.44. The number of nitrogens with zero attached hydrogens (tertiary/aromatic N) is 2. The molecule has 1 aromatic rings. The van der Waals surface area contributed by atoms with Crippen molar-refractivity contribution in [2.45, 2.75) is 19.3 Å². The molecule has 0 spiro atoms. The number of likely N-dealkylation sites (tertiary alicyclic amines) is 1. The number of primary amides is 1. The van der Waals surface area contributed by atoms with Gasteiger partial charge in [0.15, 0.2) is 0 Å². The lowest BCUT2D eigenvalue weighted by Gasteiger charge is -2.32. The van der Waals surface area contributed by atoms with E-state index in [-0.39, 0.29) is 30.1 Å². The van der Waals surface area contributed by atoms with Crippen LogP contribution in [0.5, 0.6) is 11.5 Å². The van der Waals surface area contributed by atoms with Crippen molar-refractivity contribution in [2.75, 3.05) is 38.8 Å². The minimum atomic E-state index is -0.394. The van der Waals surface area contributed by atoms with Gasteiger partial charge in [0.05, 0.1) is 25.8 Å². The van der Waals surface area contributed by atoms with Gasteiger partial charge in [-0.2, -0.15) is 0 Å². The average Bonchev–Trinajstić information content (AvgIpc) is 3.08. The summed E-state index contributed by atoms with van der Waals surface area (Å²) in [5.41, 5.74) is 5.98. The zero-order valence-electron chi connectivity index (χ0n) is 15.6. The van der Waals surface area contributed by atoms with E-state index in [4.69, 9.17) is 15.2 Å². The molecule has 8 nitrogen and oxygen atoms in total. The second kappa shape index (κ2) is 7.85. The van der Waals surface area contributed by atoms with Crippen molar-refractivity contribution in [1.29, 1.82) is 0 Å². The first-order valence-corrected chi connectivity index (χ1v) is 9.05. The number of hydrogen-bond acceptors (Lipinski definition) is 5. The van der Waals surface area contributed by atoms with Crippen LogP contribution in [-0.2, 0) is 14.4 Å². The zero-order chi connectivity index (χ0) is 19.6. The minimum absolute atomic E-state index is 0.0405. The number of anilines is 1. The number of hydrogen-bond donors (Lipinski definition) is 1. The second-order valence-electron chi connectivity index (χ2n) is 6.95. The molecule has 0 saturated carbocycles. The number of ether oxygens (including phenoxy) is 2. The molecule has 0 unspecified atom stereocenters. The number of carbonyl (C=O) groups is 3. The van der Waals surface area contributed by atoms with E-state index in [9.17, 15) is 14.4 Å². The molecule has 27 heavy (non-hydrogen) atoms. The molecule has 2 aliphatic heterocycles. The summed E-state index contributed by atoms with van der Waals surface area (Å²) in [5.74, 6) is 0.139. The largest absolute Gasteiger partial charge is 0.497 e. The van der Waals surface area contributed by atoms with Gasteiger partial charge in [0.25, 0.3) is 0 Å². The maximum absolute atomic E-state index is 12.8. The molecular formula is C19H25N3O5. The SMILES string of the molecule is COc1ccc(N2C[C@H](C(=O)N3CCC(C(N)=O)CC3)CC2=O)c(OC)c1. The Morgan fingerprint density at radius 2 is 1.81 bits per heavy atom. The fourth-order valence-corrected chi connectivity index (χ4v) is 3.76. The first-order chi connectivity index (χ1) is 12.9. The standard InChI is InChI=1S/C19H25N3O5/c1-26-14-3-4-15(16(10-14)27-2)22-11-13(9-17(22)23)19(25)21-7-5-12(6-8-21)18(20)24/h3-4,10,12-13H,5-9,11H2,1-2H3,(H2,20,24)/t13-/m1/s1. The molecule has 0 radical (unpaired) electrons. The van der Waals surface area contributed by atoms with Gasteiger partial charge < -0.3 is 25.0 Å². The number of nitrogens with two attached hydrogens (primary N) is 1. The lowest BCUT2D eigenvalue weighted by atomic mass is 9.95. The second-order valence-corrected chi connectivity index (χ2v) is 6.95. The number of carbonyl (C=O) groups excluding carboxylic acids is 3. The first kappa shape index (κ1) is 19.0. The van der Waals surface area contributed by atoms with Crippen molar-refractivity contribution in [3.8, 4) is 11.5 Å². The Morgan fingerprint density at radius 1 is 1.11 bits per heavy atom. The van der Waals surface area contributed by atoms with E-state index in [0.29, 0.717) is 49.7 Å². The van der Waals surface area contributed by atoms with E-state index in [2.05, 4.69) is 0 Å². The summed E-state index contributed by atoms with van der Waals surface area (Å²) >= 11 is 0. The summed E-state index contributed by atoms with van der Waals surface area (Å²) in [6.45, 7) is 1.32. The van der Waals surface area contributed by atoms with E-state index in [1.165, 1.54) is 7.11 Å². The van der Waals surface area contributed by atoms with Crippen molar-refractivity contribution in [1.82, 2.24) is 4.90 Å². The normalized spacial score (nSPS) is 20.7. The third-order valence-corrected chi connectivity index (χ3v) is 5.36. The van der Waals surface area contributed by atoms with Gasteiger partial charge in [-0.1, -0.05) is 0 Å². The van der Waals surface area contributed by atoms with Gasteiger partial charge >= 0.3 is 0 Å². The van der Waals surface area contributed by atoms with E-state index in [0.717, 1.165) is 0 Å². The molecule has 3 rings (SSSR count). The van der Waals surface area contributed by atoms with Gasteiger partial charge in [0.2, 0.25) is 17.7 Å². The van der Waals surface area contributed by atoms with Crippen LogP contribution in [0.15, 0.2) is 18.2 Å². The van der Waals surface area contributed by atoms with Crippen molar-refractivity contribution < 1.29 is 23.9 Å². The molecular weight excluding hydrogens is 350 g/mol. The van der Waals surface area contributed by atoms with Crippen LogP contribution in [0.25, 0.3) is 0 Å². The number of rotatable bonds is 5. The van der Waals surface area contributed by atoms with Crippen LogP contribution in [0.3, 0.4) is 0 Å². The van der Waals surface area contributed by atoms with Crippen LogP contribution in [0.1, 0.15) is 19.3 Å². The first-order valence-electron chi connectivity index (χ1n) is 9.05. The predicted octanol–water partition coefficient (Wildman–Crippen LogP) is 0.781. The zero-order valence-corrected chi connectivity index (χ0v) is 15.6. The molecule has 2 saturated heterocycles. The molecule has 2 aliphatic rings. The summed E-state index contributed by atoms with van der Waals surface area (Å²) in [6.07, 6.45) is 1.33. The van der Waals surface area contributed by atoms with Crippen LogP contribution < -0.4 is 20.1 Å². The Balaban J connectivity index is 1.69. The third kappa shape index (κ3) is 3.84. The fourth-order valence-electron chi connectivity index (χ4n) is 3.76. The van der Waals surface area contributed by atoms with E-state index < -0.39 is 5.92 Å². The van der Waals surface area contributed by atoms with Gasteiger partial charge in [0.1, 0.15) is 11.5 Å². The molecule has 8 heteroatoms. The Hall–Kier alpha value is -2.77. The molecule has 2 fully saturated rings. The Morgan fingerprint density at radius 3 is 2.41 bits per heavy atom. The maximum Gasteiger partial charge on any atom is 0.228 e. The molecule has 0 bridgehead atoms. The van der Waals surface area contributed by atoms with Crippen molar-refractivity contribution in [2.24, 2.45) is 17.6 Å². The monoisotopic (exact) mass is 375 g/mol. The maximum atomic E-state index is 12.8. The van der Waals surface area contributed by atoms with Gasteiger partial charge in [0, 0.05) is 38.0 Å². The number of piperidine rings is 1. The van der Waals surface area contributed by atoms with Gasteiger partial charge in [-0.25, -0.2) is 0 Å². The van der Waals surface area contributed by atoms with Crippen molar-refractivity contribution in [3.05, 3.63) is 18.2 Å². The van der Waals surface area contributed by atoms with E-state index >= 15 is 0 Å². The average molecular weight is 375 g/mol. The number of amides is 3. The minimum Gasteiger partial charge on any atom is -0.497 e. The highest BCUT2D eigenvalue weighted by Gasteiger charge is 2.39. The summed E-state index contributed by atoms with van der Waals surface area (Å²) in [5, 5.41) is 0. The highest BCUT2D eigenvalue weighted by molar-refractivity contribution is 6.01. The topological polar surface area (TPSA) is 102 Å². The summed E-state index contributed by atoms with van der Waals surface area (Å²) in [4.78, 5) is 40.0. The van der Waals surface area contributed by atoms with Gasteiger partial charge in [-0.05, 0) is 25.0 Å². The van der Waals surface area contributed by atoms with Crippen LogP contribution in [0.2, 0.25) is 0 Å². The fraction of sp³-hybridized carbons (Fsp3) is 0.526. The summed E-state index contributed by atoms with van der Waals surface area (Å²) < 4.78 is 10.6. The van der Waals surface area contributed by atoms with E-state index in [1.807, 2.05) is 0 Å². The summed E-state index contributed by atoms with van der Waals surface area (Å²) in [7, 11) is 3.09. The summed E-state index contributed by atoms with van der Waals surface area (Å²) in [6, 6.07) is 5.24. The van der Waals surface area contributed by atoms with Crippen LogP contribution >= 0.6 is 0 Å². The van der Waals surface area contributed by atoms with Crippen LogP contribution in [-0.4, -0.2) is 56.5 Å². The molecule has 146 valence electrons. The van der Waals surface area contributed by atoms with Crippen molar-refractivity contribution in [3.63, 3.8) is 0 Å². The van der Waals surface area contributed by atoms with Crippen LogP contribution in [0.4, 0.5) is 5.69 Å². The third-order valence-electron chi connectivity index (χ3n) is 5.36. The molecule has 1 aromatic carbocycles. The van der Waals surface area contributed by atoms with Crippen LogP contribution in [0, 0.1) is 11.8 Å². The molecule has 2 heterocycles. The molecule has 0 aromatic heterocycles. The molecule has 1 atom stereocenters. The van der Waals surface area contributed by atoms with Gasteiger partial charge in [-0.3, -0.25) is 14.4 Å². The van der Waals surface area contributed by atoms with E-state index in [1.54, 1.807) is 35.1 Å². The predicted molar refractivity (Wildman–Crippen MR) is 98.5 cm³/mol. The number of methoxy groups -OCH3 is 2. The molecule has 0 aliphatic carbocycles. The quantitative estimate of drug-likeness (QED) is 0.819. The van der Waals surface area contributed by atoms with Crippen molar-refractivity contribution >= 4 is 23.4 Å². The molecule has 2 N–H and O–H groups in total. The Labute approximate surface area is 158 Å². The smallest absolute Gasteiger partial charge is 0.228 e. The number of benzene rings is 1. The van der Waals surface area contributed by atoms with Gasteiger partial charge in [-0.15, -0.1) is 0 Å². The highest BCUT2D eigenvalue weighted by Crippen LogP contribution is 2.36. The molecule has 3 amide bonds. The Bertz CT molecular complexity index is 743. The Kier molecular flexibility index (Phi) is 5.53. The lowest BCUT2D eigenvalue weighted by molar-refractivity contribution is -0.138. The highest BCUT2D eigenvalue weighted by atomic mass is 16.5.